The molecule has 0 aromatic heterocycles. The summed E-state index contributed by atoms with van der Waals surface area (Å²) in [4.78, 5) is 12.0. The highest BCUT2D eigenvalue weighted by Crippen LogP contribution is 2.06. The van der Waals surface area contributed by atoms with Crippen LogP contribution in [0.3, 0.4) is 0 Å². The van der Waals surface area contributed by atoms with Gasteiger partial charge in [0.25, 0.3) is 0 Å². The van der Waals surface area contributed by atoms with Gasteiger partial charge < -0.3 is 16.4 Å². The second kappa shape index (κ2) is 9.42. The number of nitrogens with two attached hydrogens (primary N) is 1. The molecule has 4 nitrogen and oxygen atoms in total. The fourth-order valence-electron chi connectivity index (χ4n) is 1.84. The van der Waals surface area contributed by atoms with E-state index in [-0.39, 0.29) is 18.0 Å². The zero-order valence-electron chi connectivity index (χ0n) is 11.8. The fraction of sp³-hybridized carbons (Fsp3) is 0.923. The average Bonchev–Trinajstić information content (AvgIpc) is 2.25. The first-order chi connectivity index (χ1) is 8.01. The molecule has 0 saturated carbocycles. The zero-order chi connectivity index (χ0) is 13.3. The van der Waals surface area contributed by atoms with Crippen molar-refractivity contribution in [3.63, 3.8) is 0 Å². The van der Waals surface area contributed by atoms with Crippen molar-refractivity contribution in [3.05, 3.63) is 0 Å². The van der Waals surface area contributed by atoms with Crippen molar-refractivity contribution < 1.29 is 4.79 Å². The lowest BCUT2D eigenvalue weighted by Gasteiger charge is -2.21. The molecule has 0 bridgehead atoms. The summed E-state index contributed by atoms with van der Waals surface area (Å²) in [5, 5.41) is 6.13. The number of carbonyl (C=O) groups excluding carboxylic acids is 1. The first-order valence-corrected chi connectivity index (χ1v) is 6.69. The van der Waals surface area contributed by atoms with Crippen molar-refractivity contribution in [2.75, 3.05) is 13.6 Å². The molecular formula is C13H29N3O. The SMILES string of the molecule is CNC(CC(C)C)C(=O)NC(C)CCCCN. The molecule has 0 aliphatic carbocycles. The molecule has 0 heterocycles. The average molecular weight is 243 g/mol. The summed E-state index contributed by atoms with van der Waals surface area (Å²) < 4.78 is 0. The quantitative estimate of drug-likeness (QED) is 0.534. The first-order valence-electron chi connectivity index (χ1n) is 6.69. The third kappa shape index (κ3) is 8.16. The Hall–Kier alpha value is -0.610. The van der Waals surface area contributed by atoms with Crippen LogP contribution in [0.2, 0.25) is 0 Å². The highest BCUT2D eigenvalue weighted by Gasteiger charge is 2.18. The summed E-state index contributed by atoms with van der Waals surface area (Å²) in [6.45, 7) is 7.04. The maximum atomic E-state index is 12.0. The Labute approximate surface area is 106 Å². The number of unbranched alkanes of at least 4 members (excludes halogenated alkanes) is 1. The Morgan fingerprint density at radius 1 is 1.24 bits per heavy atom. The van der Waals surface area contributed by atoms with Crippen LogP contribution in [-0.4, -0.2) is 31.6 Å². The molecule has 0 aliphatic heterocycles. The molecule has 0 spiro atoms. The second-order valence-corrected chi connectivity index (χ2v) is 5.16. The highest BCUT2D eigenvalue weighted by atomic mass is 16.2. The van der Waals surface area contributed by atoms with Crippen molar-refractivity contribution in [2.24, 2.45) is 11.7 Å². The van der Waals surface area contributed by atoms with Gasteiger partial charge >= 0.3 is 0 Å². The molecule has 2 unspecified atom stereocenters. The number of nitrogens with one attached hydrogen (secondary N) is 2. The molecule has 1 amide bonds. The van der Waals surface area contributed by atoms with Crippen molar-refractivity contribution >= 4 is 5.91 Å². The number of hydrogen-bond acceptors (Lipinski definition) is 3. The predicted molar refractivity (Wildman–Crippen MR) is 72.8 cm³/mol. The van der Waals surface area contributed by atoms with Gasteiger partial charge in [-0.25, -0.2) is 0 Å². The van der Waals surface area contributed by atoms with E-state index >= 15 is 0 Å². The van der Waals surface area contributed by atoms with Crippen LogP contribution in [0.25, 0.3) is 0 Å². The van der Waals surface area contributed by atoms with Gasteiger partial charge in [-0.3, -0.25) is 4.79 Å². The van der Waals surface area contributed by atoms with Gasteiger partial charge in [0.15, 0.2) is 0 Å². The van der Waals surface area contributed by atoms with E-state index in [2.05, 4.69) is 31.4 Å². The van der Waals surface area contributed by atoms with Crippen molar-refractivity contribution in [2.45, 2.75) is 58.5 Å². The normalized spacial score (nSPS) is 14.7. The molecular weight excluding hydrogens is 214 g/mol. The minimum atomic E-state index is -0.0769. The van der Waals surface area contributed by atoms with Crippen LogP contribution in [-0.2, 0) is 4.79 Å². The van der Waals surface area contributed by atoms with Crippen LogP contribution in [0.4, 0.5) is 0 Å². The van der Waals surface area contributed by atoms with Crippen LogP contribution in [0.1, 0.15) is 46.5 Å². The van der Waals surface area contributed by atoms with Gasteiger partial charge in [0.05, 0.1) is 6.04 Å². The number of rotatable bonds is 9. The number of hydrogen-bond donors (Lipinski definition) is 3. The largest absolute Gasteiger partial charge is 0.352 e. The van der Waals surface area contributed by atoms with E-state index in [0.717, 1.165) is 32.2 Å². The van der Waals surface area contributed by atoms with Gasteiger partial charge in [-0.2, -0.15) is 0 Å². The van der Waals surface area contributed by atoms with Crippen LogP contribution in [0.15, 0.2) is 0 Å². The van der Waals surface area contributed by atoms with E-state index in [9.17, 15) is 4.79 Å². The maximum absolute atomic E-state index is 12.0. The Bertz CT molecular complexity index is 207. The molecule has 0 aromatic rings. The fourth-order valence-corrected chi connectivity index (χ4v) is 1.84. The Morgan fingerprint density at radius 2 is 1.88 bits per heavy atom. The van der Waals surface area contributed by atoms with Gasteiger partial charge in [-0.1, -0.05) is 20.3 Å². The minimum absolute atomic E-state index is 0.0769. The van der Waals surface area contributed by atoms with E-state index in [1.54, 1.807) is 0 Å². The molecule has 0 radical (unpaired) electrons. The number of amides is 1. The maximum Gasteiger partial charge on any atom is 0.237 e. The Kier molecular flexibility index (Phi) is 9.09. The summed E-state index contributed by atoms with van der Waals surface area (Å²) in [7, 11) is 1.84. The van der Waals surface area contributed by atoms with Crippen molar-refractivity contribution in [1.82, 2.24) is 10.6 Å². The predicted octanol–water partition coefficient (Wildman–Crippen LogP) is 1.25. The smallest absolute Gasteiger partial charge is 0.237 e. The van der Waals surface area contributed by atoms with Crippen molar-refractivity contribution in [3.8, 4) is 0 Å². The lowest BCUT2D eigenvalue weighted by atomic mass is 10.0. The van der Waals surface area contributed by atoms with E-state index in [0.29, 0.717) is 5.92 Å². The Balaban J connectivity index is 3.94. The molecule has 0 fully saturated rings. The van der Waals surface area contributed by atoms with E-state index in [1.165, 1.54) is 0 Å². The number of likely N-dealkylation sites (N-methyl/N-ethyl adjacent to an activating group) is 1. The summed E-state index contributed by atoms with van der Waals surface area (Å²) in [5.41, 5.74) is 5.44. The molecule has 0 aliphatic rings. The molecule has 17 heavy (non-hydrogen) atoms. The summed E-state index contributed by atoms with van der Waals surface area (Å²) >= 11 is 0. The molecule has 102 valence electrons. The summed E-state index contributed by atoms with van der Waals surface area (Å²) in [5.74, 6) is 0.632. The molecule has 0 saturated heterocycles. The lowest BCUT2D eigenvalue weighted by molar-refractivity contribution is -0.124. The highest BCUT2D eigenvalue weighted by molar-refractivity contribution is 5.81. The topological polar surface area (TPSA) is 67.2 Å². The van der Waals surface area contributed by atoms with Gasteiger partial charge in [-0.05, 0) is 45.7 Å². The van der Waals surface area contributed by atoms with Crippen molar-refractivity contribution in [1.29, 1.82) is 0 Å². The molecule has 2 atom stereocenters. The Morgan fingerprint density at radius 3 is 2.35 bits per heavy atom. The third-order valence-electron chi connectivity index (χ3n) is 2.85. The standard InChI is InChI=1S/C13H29N3O/c1-10(2)9-12(15-4)13(17)16-11(3)7-5-6-8-14/h10-12,15H,5-9,14H2,1-4H3,(H,16,17). The van der Waals surface area contributed by atoms with Crippen LogP contribution in [0, 0.1) is 5.92 Å². The van der Waals surface area contributed by atoms with Gasteiger partial charge in [-0.15, -0.1) is 0 Å². The third-order valence-corrected chi connectivity index (χ3v) is 2.85. The first kappa shape index (κ1) is 16.4. The van der Waals surface area contributed by atoms with Gasteiger partial charge in [0.1, 0.15) is 0 Å². The summed E-state index contributed by atoms with van der Waals surface area (Å²) in [6, 6.07) is 0.157. The van der Waals surface area contributed by atoms with Gasteiger partial charge in [0, 0.05) is 6.04 Å². The molecule has 4 heteroatoms. The minimum Gasteiger partial charge on any atom is -0.352 e. The zero-order valence-corrected chi connectivity index (χ0v) is 11.8. The van der Waals surface area contributed by atoms with Crippen LogP contribution >= 0.6 is 0 Å². The second-order valence-electron chi connectivity index (χ2n) is 5.16. The monoisotopic (exact) mass is 243 g/mol. The van der Waals surface area contributed by atoms with Gasteiger partial charge in [0.2, 0.25) is 5.91 Å². The molecule has 0 rings (SSSR count). The molecule has 4 N–H and O–H groups in total. The van der Waals surface area contributed by atoms with E-state index in [1.807, 2.05) is 7.05 Å². The lowest BCUT2D eigenvalue weighted by Crippen LogP contribution is -2.46. The van der Waals surface area contributed by atoms with Crippen LogP contribution < -0.4 is 16.4 Å². The van der Waals surface area contributed by atoms with E-state index < -0.39 is 0 Å². The van der Waals surface area contributed by atoms with Crippen LogP contribution in [0.5, 0.6) is 0 Å². The summed E-state index contributed by atoms with van der Waals surface area (Å²) in [6.07, 6.45) is 3.98. The molecule has 0 aromatic carbocycles. The number of carbonyl (C=O) groups is 1. The van der Waals surface area contributed by atoms with E-state index in [4.69, 9.17) is 5.73 Å².